The minimum Gasteiger partial charge on any atom is -0.493 e. The third-order valence-corrected chi connectivity index (χ3v) is 6.54. The van der Waals surface area contributed by atoms with Gasteiger partial charge in [0.2, 0.25) is 11.7 Å². The van der Waals surface area contributed by atoms with Crippen LogP contribution in [0.2, 0.25) is 0 Å². The number of hydrogen-bond acceptors (Lipinski definition) is 7. The van der Waals surface area contributed by atoms with Crippen molar-refractivity contribution in [2.24, 2.45) is 0 Å². The van der Waals surface area contributed by atoms with Crippen LogP contribution < -0.4 is 29.0 Å². The van der Waals surface area contributed by atoms with Crippen molar-refractivity contribution in [1.29, 1.82) is 0 Å². The van der Waals surface area contributed by atoms with Gasteiger partial charge in [-0.15, -0.1) is 0 Å². The van der Waals surface area contributed by atoms with E-state index in [9.17, 15) is 9.59 Å². The van der Waals surface area contributed by atoms with Gasteiger partial charge in [0, 0.05) is 30.4 Å². The summed E-state index contributed by atoms with van der Waals surface area (Å²) in [7, 11) is 9.32. The highest BCUT2D eigenvalue weighted by atomic mass is 16.5. The summed E-state index contributed by atoms with van der Waals surface area (Å²) in [6.45, 7) is 0. The molecule has 0 aromatic heterocycles. The number of carbonyl (C=O) groups excluding carboxylic acids is 2. The molecule has 194 valence electrons. The summed E-state index contributed by atoms with van der Waals surface area (Å²) >= 11 is 0. The Labute approximate surface area is 215 Å². The van der Waals surface area contributed by atoms with Crippen molar-refractivity contribution in [2.75, 3.05) is 47.9 Å². The Bertz CT molecular complexity index is 1300. The number of ether oxygens (including phenoxy) is 5. The monoisotopic (exact) mass is 506 g/mol. The molecule has 0 radical (unpaired) electrons. The average molecular weight is 507 g/mol. The summed E-state index contributed by atoms with van der Waals surface area (Å²) in [6, 6.07) is 15.3. The molecule has 0 fully saturated rings. The second kappa shape index (κ2) is 10.7. The Balaban J connectivity index is 1.82. The molecule has 9 heteroatoms. The van der Waals surface area contributed by atoms with Gasteiger partial charge in [-0.1, -0.05) is 24.3 Å². The molecule has 1 heterocycles. The van der Waals surface area contributed by atoms with Crippen LogP contribution in [-0.2, 0) is 4.79 Å². The van der Waals surface area contributed by atoms with Crippen LogP contribution in [0.25, 0.3) is 0 Å². The Morgan fingerprint density at radius 1 is 0.784 bits per heavy atom. The second-order valence-electron chi connectivity index (χ2n) is 8.44. The van der Waals surface area contributed by atoms with E-state index in [-0.39, 0.29) is 11.8 Å². The SMILES string of the molecule is COc1ccc([C@H]2[C@H](C(=O)Nc3cc(OC)c(OC)c(OC)c3)c3ccccc3C(=O)N2C)cc1OC. The van der Waals surface area contributed by atoms with Crippen molar-refractivity contribution < 1.29 is 33.3 Å². The highest BCUT2D eigenvalue weighted by molar-refractivity contribution is 6.04. The zero-order chi connectivity index (χ0) is 26.7. The number of benzene rings is 3. The highest BCUT2D eigenvalue weighted by Crippen LogP contribution is 2.45. The van der Waals surface area contributed by atoms with E-state index in [1.165, 1.54) is 21.3 Å². The van der Waals surface area contributed by atoms with Gasteiger partial charge in [-0.2, -0.15) is 0 Å². The third-order valence-electron chi connectivity index (χ3n) is 6.54. The molecule has 0 bridgehead atoms. The summed E-state index contributed by atoms with van der Waals surface area (Å²) in [5, 5.41) is 2.99. The maximum absolute atomic E-state index is 14.0. The molecule has 0 spiro atoms. The van der Waals surface area contributed by atoms with Gasteiger partial charge in [0.25, 0.3) is 5.91 Å². The topological polar surface area (TPSA) is 95.6 Å². The maximum atomic E-state index is 14.0. The van der Waals surface area contributed by atoms with Crippen molar-refractivity contribution in [1.82, 2.24) is 4.90 Å². The van der Waals surface area contributed by atoms with E-state index in [0.29, 0.717) is 45.6 Å². The van der Waals surface area contributed by atoms with Gasteiger partial charge >= 0.3 is 0 Å². The van der Waals surface area contributed by atoms with Crippen molar-refractivity contribution in [3.05, 3.63) is 71.3 Å². The zero-order valence-electron chi connectivity index (χ0n) is 21.7. The van der Waals surface area contributed by atoms with Gasteiger partial charge in [-0.25, -0.2) is 0 Å². The summed E-state index contributed by atoms with van der Waals surface area (Å²) in [5.74, 6) is 1.08. The maximum Gasteiger partial charge on any atom is 0.254 e. The molecular formula is C28H30N2O7. The van der Waals surface area contributed by atoms with E-state index in [1.54, 1.807) is 62.6 Å². The number of amides is 2. The Hall–Kier alpha value is -4.40. The van der Waals surface area contributed by atoms with E-state index >= 15 is 0 Å². The predicted octanol–water partition coefficient (Wildman–Crippen LogP) is 4.28. The van der Waals surface area contributed by atoms with Gasteiger partial charge in [0.15, 0.2) is 23.0 Å². The lowest BCUT2D eigenvalue weighted by atomic mass is 9.79. The van der Waals surface area contributed by atoms with Crippen molar-refractivity contribution in [3.8, 4) is 28.7 Å². The summed E-state index contributed by atoms with van der Waals surface area (Å²) in [6.07, 6.45) is 0. The molecule has 37 heavy (non-hydrogen) atoms. The lowest BCUT2D eigenvalue weighted by Gasteiger charge is -2.40. The lowest BCUT2D eigenvalue weighted by Crippen LogP contribution is -2.44. The van der Waals surface area contributed by atoms with Gasteiger partial charge in [0.1, 0.15) is 0 Å². The Morgan fingerprint density at radius 2 is 1.41 bits per heavy atom. The molecule has 3 aromatic carbocycles. The average Bonchev–Trinajstić information content (AvgIpc) is 2.93. The van der Waals surface area contributed by atoms with Crippen molar-refractivity contribution in [2.45, 2.75) is 12.0 Å². The predicted molar refractivity (Wildman–Crippen MR) is 138 cm³/mol. The molecule has 2 atom stereocenters. The molecule has 0 saturated carbocycles. The van der Waals surface area contributed by atoms with Gasteiger partial charge in [0.05, 0.1) is 47.5 Å². The van der Waals surface area contributed by atoms with Crippen LogP contribution in [0.15, 0.2) is 54.6 Å². The molecule has 4 rings (SSSR count). The molecule has 9 nitrogen and oxygen atoms in total. The zero-order valence-corrected chi connectivity index (χ0v) is 21.7. The van der Waals surface area contributed by atoms with Crippen LogP contribution in [0.1, 0.15) is 33.4 Å². The second-order valence-corrected chi connectivity index (χ2v) is 8.44. The quantitative estimate of drug-likeness (QED) is 0.487. The fraction of sp³-hybridized carbons (Fsp3) is 0.286. The highest BCUT2D eigenvalue weighted by Gasteiger charge is 2.43. The summed E-state index contributed by atoms with van der Waals surface area (Å²) < 4.78 is 27.1. The first-order valence-corrected chi connectivity index (χ1v) is 11.6. The molecule has 1 N–H and O–H groups in total. The number of hydrogen-bond donors (Lipinski definition) is 1. The first-order chi connectivity index (χ1) is 17.9. The third kappa shape index (κ3) is 4.60. The molecular weight excluding hydrogens is 476 g/mol. The fourth-order valence-corrected chi connectivity index (χ4v) is 4.78. The number of nitrogens with zero attached hydrogens (tertiary/aromatic N) is 1. The fourth-order valence-electron chi connectivity index (χ4n) is 4.78. The Kier molecular flexibility index (Phi) is 7.42. The number of nitrogens with one attached hydrogen (secondary N) is 1. The van der Waals surface area contributed by atoms with Crippen molar-refractivity contribution >= 4 is 17.5 Å². The van der Waals surface area contributed by atoms with E-state index in [2.05, 4.69) is 5.32 Å². The molecule has 0 saturated heterocycles. The van der Waals surface area contributed by atoms with Crippen molar-refractivity contribution in [3.63, 3.8) is 0 Å². The minimum atomic E-state index is -0.726. The number of likely N-dealkylation sites (N-methyl/N-ethyl adjacent to an activating group) is 1. The van der Waals surface area contributed by atoms with Gasteiger partial charge in [-0.3, -0.25) is 9.59 Å². The number of rotatable bonds is 8. The van der Waals surface area contributed by atoms with E-state index in [4.69, 9.17) is 23.7 Å². The number of anilines is 1. The van der Waals surface area contributed by atoms with Gasteiger partial charge in [-0.05, 0) is 29.3 Å². The normalized spacial score (nSPS) is 16.5. The Morgan fingerprint density at radius 3 is 2.00 bits per heavy atom. The molecule has 0 aliphatic carbocycles. The minimum absolute atomic E-state index is 0.174. The number of methoxy groups -OCH3 is 5. The summed E-state index contributed by atoms with van der Waals surface area (Å²) in [5.41, 5.74) is 2.30. The van der Waals surface area contributed by atoms with E-state index in [0.717, 1.165) is 5.56 Å². The molecule has 3 aromatic rings. The van der Waals surface area contributed by atoms with E-state index in [1.807, 2.05) is 18.2 Å². The first-order valence-electron chi connectivity index (χ1n) is 11.6. The standard InChI is InChI=1S/C28H30N2O7/c1-30-25(16-11-12-20(33-2)21(13-16)34-3)24(18-9-7-8-10-19(18)28(30)32)27(31)29-17-14-22(35-4)26(37-6)23(15-17)36-5/h7-15,24-25H,1-6H3,(H,29,31)/t24-,25+/m1/s1. The number of fused-ring (bicyclic) bond motifs is 1. The lowest BCUT2D eigenvalue weighted by molar-refractivity contribution is -0.119. The molecule has 2 amide bonds. The first kappa shape index (κ1) is 25.7. The van der Waals surface area contributed by atoms with Gasteiger partial charge < -0.3 is 33.9 Å². The molecule has 1 aliphatic rings. The summed E-state index contributed by atoms with van der Waals surface area (Å²) in [4.78, 5) is 28.9. The van der Waals surface area contributed by atoms with E-state index < -0.39 is 12.0 Å². The van der Waals surface area contributed by atoms with Crippen LogP contribution in [0, 0.1) is 0 Å². The van der Waals surface area contributed by atoms with Crippen LogP contribution in [0.4, 0.5) is 5.69 Å². The smallest absolute Gasteiger partial charge is 0.254 e. The number of carbonyl (C=O) groups is 2. The molecule has 0 unspecified atom stereocenters. The van der Waals surface area contributed by atoms with Crippen LogP contribution in [0.3, 0.4) is 0 Å². The van der Waals surface area contributed by atoms with Crippen LogP contribution in [-0.4, -0.2) is 59.3 Å². The van der Waals surface area contributed by atoms with Crippen LogP contribution in [0.5, 0.6) is 28.7 Å². The van der Waals surface area contributed by atoms with Crippen LogP contribution >= 0.6 is 0 Å². The molecule has 1 aliphatic heterocycles. The largest absolute Gasteiger partial charge is 0.493 e.